The van der Waals surface area contributed by atoms with E-state index in [0.717, 1.165) is 5.56 Å². The SMILES string of the molecule is CCC(c1nc2ccccc2c(=O)n1-c1cccc(C)c1)N(C)C(=O)c1cc(OC)cc(OC)c1. The molecule has 1 atom stereocenters. The number of fused-ring (bicyclic) bond motifs is 1. The van der Waals surface area contributed by atoms with Gasteiger partial charge in [-0.05, 0) is 55.3 Å². The van der Waals surface area contributed by atoms with Gasteiger partial charge in [-0.1, -0.05) is 31.2 Å². The van der Waals surface area contributed by atoms with Crippen molar-refractivity contribution in [2.45, 2.75) is 26.3 Å². The summed E-state index contributed by atoms with van der Waals surface area (Å²) in [5.41, 5.74) is 2.59. The third kappa shape index (κ3) is 4.62. The minimum absolute atomic E-state index is 0.168. The van der Waals surface area contributed by atoms with Gasteiger partial charge in [0.1, 0.15) is 17.3 Å². The Morgan fingerprint density at radius 2 is 1.69 bits per heavy atom. The van der Waals surface area contributed by atoms with E-state index >= 15 is 0 Å². The summed E-state index contributed by atoms with van der Waals surface area (Å²) in [7, 11) is 4.81. The highest BCUT2D eigenvalue weighted by atomic mass is 16.5. The molecule has 0 aliphatic heterocycles. The molecule has 7 heteroatoms. The molecule has 4 aromatic rings. The number of hydrogen-bond donors (Lipinski definition) is 0. The Morgan fingerprint density at radius 3 is 2.31 bits per heavy atom. The number of ether oxygens (including phenoxy) is 2. The Bertz CT molecular complexity index is 1420. The molecule has 0 saturated heterocycles. The van der Waals surface area contributed by atoms with Crippen molar-refractivity contribution in [1.82, 2.24) is 14.5 Å². The zero-order chi connectivity index (χ0) is 25.1. The lowest BCUT2D eigenvalue weighted by atomic mass is 10.1. The summed E-state index contributed by atoms with van der Waals surface area (Å²) in [5, 5.41) is 0.527. The average molecular weight is 472 g/mol. The van der Waals surface area contributed by atoms with Gasteiger partial charge in [0.2, 0.25) is 0 Å². The normalized spacial score (nSPS) is 11.8. The van der Waals surface area contributed by atoms with Gasteiger partial charge in [0.05, 0.1) is 36.9 Å². The third-order valence-corrected chi connectivity index (χ3v) is 6.13. The number of hydrogen-bond acceptors (Lipinski definition) is 5. The number of rotatable bonds is 7. The second-order valence-corrected chi connectivity index (χ2v) is 8.41. The number of amides is 1. The van der Waals surface area contributed by atoms with E-state index in [4.69, 9.17) is 14.5 Å². The van der Waals surface area contributed by atoms with Crippen molar-refractivity contribution >= 4 is 16.8 Å². The number of methoxy groups -OCH3 is 2. The molecule has 0 aliphatic rings. The minimum Gasteiger partial charge on any atom is -0.497 e. The highest BCUT2D eigenvalue weighted by Crippen LogP contribution is 2.29. The summed E-state index contributed by atoms with van der Waals surface area (Å²) in [6.07, 6.45) is 0.555. The second kappa shape index (κ2) is 10.0. The average Bonchev–Trinajstić information content (AvgIpc) is 2.88. The van der Waals surface area contributed by atoms with Crippen LogP contribution in [0, 0.1) is 6.92 Å². The van der Waals surface area contributed by atoms with Crippen LogP contribution in [0.1, 0.15) is 41.1 Å². The maximum atomic E-state index is 13.7. The molecule has 7 nitrogen and oxygen atoms in total. The Labute approximate surface area is 204 Å². The van der Waals surface area contributed by atoms with E-state index in [1.165, 1.54) is 0 Å². The van der Waals surface area contributed by atoms with Crippen LogP contribution in [0.25, 0.3) is 16.6 Å². The smallest absolute Gasteiger partial charge is 0.266 e. The molecule has 4 rings (SSSR count). The standard InChI is InChI=1S/C28H29N3O4/c1-6-25(30(3)27(32)19-15-21(34-4)17-22(16-19)35-5)26-29-24-13-8-7-12-23(24)28(33)31(26)20-11-9-10-18(2)14-20/h7-17,25H,6H2,1-5H3. The van der Waals surface area contributed by atoms with Gasteiger partial charge in [0.15, 0.2) is 0 Å². The monoisotopic (exact) mass is 471 g/mol. The first kappa shape index (κ1) is 24.0. The van der Waals surface area contributed by atoms with Gasteiger partial charge in [-0.2, -0.15) is 0 Å². The fourth-order valence-corrected chi connectivity index (χ4v) is 4.30. The molecule has 0 bridgehead atoms. The zero-order valence-electron chi connectivity index (χ0n) is 20.6. The molecule has 1 heterocycles. The fourth-order valence-electron chi connectivity index (χ4n) is 4.30. The summed E-state index contributed by atoms with van der Waals surface area (Å²) in [6.45, 7) is 3.95. The number of nitrogens with zero attached hydrogens (tertiary/aromatic N) is 3. The van der Waals surface area contributed by atoms with Crippen LogP contribution in [0.3, 0.4) is 0 Å². The molecule has 3 aromatic carbocycles. The zero-order valence-corrected chi connectivity index (χ0v) is 20.6. The van der Waals surface area contributed by atoms with Crippen LogP contribution in [0.4, 0.5) is 0 Å². The highest BCUT2D eigenvalue weighted by molar-refractivity contribution is 5.95. The van der Waals surface area contributed by atoms with Crippen LogP contribution in [-0.4, -0.2) is 41.6 Å². The van der Waals surface area contributed by atoms with Gasteiger partial charge in [-0.3, -0.25) is 14.2 Å². The van der Waals surface area contributed by atoms with Crippen LogP contribution >= 0.6 is 0 Å². The predicted molar refractivity (Wildman–Crippen MR) is 137 cm³/mol. The summed E-state index contributed by atoms with van der Waals surface area (Å²) < 4.78 is 12.3. The predicted octanol–water partition coefficient (Wildman–Crippen LogP) is 4.93. The summed E-state index contributed by atoms with van der Waals surface area (Å²) in [6, 6.07) is 19.6. The second-order valence-electron chi connectivity index (χ2n) is 8.41. The van der Waals surface area contributed by atoms with Crippen molar-refractivity contribution in [3.05, 3.63) is 94.0 Å². The minimum atomic E-state index is -0.461. The first-order chi connectivity index (χ1) is 16.9. The molecule has 0 N–H and O–H groups in total. The quantitative estimate of drug-likeness (QED) is 0.382. The molecule has 0 aliphatic carbocycles. The lowest BCUT2D eigenvalue weighted by Gasteiger charge is -2.29. The highest BCUT2D eigenvalue weighted by Gasteiger charge is 2.27. The molecule has 0 saturated carbocycles. The van der Waals surface area contributed by atoms with E-state index in [9.17, 15) is 9.59 Å². The van der Waals surface area contributed by atoms with Crippen LogP contribution in [0.5, 0.6) is 11.5 Å². The summed E-state index contributed by atoms with van der Waals surface area (Å²) in [5.74, 6) is 1.32. The van der Waals surface area contributed by atoms with Crippen LogP contribution < -0.4 is 15.0 Å². The first-order valence-corrected chi connectivity index (χ1v) is 11.5. The van der Waals surface area contributed by atoms with Crippen LogP contribution in [-0.2, 0) is 0 Å². The number of aromatic nitrogens is 2. The van der Waals surface area contributed by atoms with Gasteiger partial charge in [-0.15, -0.1) is 0 Å². The molecular formula is C28H29N3O4. The van der Waals surface area contributed by atoms with Crippen molar-refractivity contribution in [3.63, 3.8) is 0 Å². The fraction of sp³-hybridized carbons (Fsp3) is 0.250. The number of para-hydroxylation sites is 1. The Hall–Kier alpha value is -4.13. The van der Waals surface area contributed by atoms with Gasteiger partial charge < -0.3 is 14.4 Å². The van der Waals surface area contributed by atoms with Crippen molar-refractivity contribution in [3.8, 4) is 17.2 Å². The molecule has 1 aromatic heterocycles. The van der Waals surface area contributed by atoms with Crippen molar-refractivity contribution in [2.24, 2.45) is 0 Å². The Morgan fingerprint density at radius 1 is 1.00 bits per heavy atom. The van der Waals surface area contributed by atoms with E-state index in [1.807, 2.05) is 56.3 Å². The lowest BCUT2D eigenvalue weighted by Crippen LogP contribution is -2.36. The van der Waals surface area contributed by atoms with Gasteiger partial charge in [0.25, 0.3) is 11.5 Å². The number of carbonyl (C=O) groups is 1. The molecule has 1 amide bonds. The van der Waals surface area contributed by atoms with E-state index in [2.05, 4.69) is 0 Å². The van der Waals surface area contributed by atoms with Gasteiger partial charge in [-0.25, -0.2) is 4.98 Å². The number of carbonyl (C=O) groups excluding carboxylic acids is 1. The number of aryl methyl sites for hydroxylation is 1. The number of benzene rings is 3. The molecule has 0 fully saturated rings. The first-order valence-electron chi connectivity index (χ1n) is 11.5. The summed E-state index contributed by atoms with van der Waals surface area (Å²) >= 11 is 0. The third-order valence-electron chi connectivity index (χ3n) is 6.13. The molecule has 0 radical (unpaired) electrons. The Balaban J connectivity index is 1.89. The van der Waals surface area contributed by atoms with Crippen molar-refractivity contribution in [2.75, 3.05) is 21.3 Å². The Kier molecular flexibility index (Phi) is 6.87. The largest absolute Gasteiger partial charge is 0.497 e. The lowest BCUT2D eigenvalue weighted by molar-refractivity contribution is 0.0716. The molecule has 1 unspecified atom stereocenters. The summed E-state index contributed by atoms with van der Waals surface area (Å²) in [4.78, 5) is 33.8. The van der Waals surface area contributed by atoms with Crippen molar-refractivity contribution < 1.29 is 14.3 Å². The molecule has 180 valence electrons. The maximum Gasteiger partial charge on any atom is 0.266 e. The van der Waals surface area contributed by atoms with E-state index < -0.39 is 6.04 Å². The van der Waals surface area contributed by atoms with Gasteiger partial charge >= 0.3 is 0 Å². The van der Waals surface area contributed by atoms with Gasteiger partial charge in [0, 0.05) is 18.7 Å². The van der Waals surface area contributed by atoms with Crippen molar-refractivity contribution in [1.29, 1.82) is 0 Å². The maximum absolute atomic E-state index is 13.7. The molecular weight excluding hydrogens is 442 g/mol. The van der Waals surface area contributed by atoms with E-state index in [1.54, 1.807) is 55.0 Å². The van der Waals surface area contributed by atoms with Crippen LogP contribution in [0.2, 0.25) is 0 Å². The molecule has 0 spiro atoms. The van der Waals surface area contributed by atoms with E-state index in [-0.39, 0.29) is 11.5 Å². The molecule has 35 heavy (non-hydrogen) atoms. The van der Waals surface area contributed by atoms with E-state index in [0.29, 0.717) is 45.9 Å². The topological polar surface area (TPSA) is 73.7 Å². The van der Waals surface area contributed by atoms with Crippen LogP contribution in [0.15, 0.2) is 71.5 Å².